The standard InChI is InChI=1S/C31H34N6O5S/c1-36(2)13-6-14-42-29-25(35-43(39,40)22-8-10-27(41-4)33-18-22)16-21(17-34-29)20-7-9-24-23(15-20)28-26(19-32-24)37(3)30(38)31(28)11-5-12-31/h7-10,15-19,35H,5-6,11-14H2,1-4H3. The Bertz CT molecular complexity index is 1810. The summed E-state index contributed by atoms with van der Waals surface area (Å²) in [6, 6.07) is 10.5. The molecule has 0 radical (unpaired) electrons. The highest BCUT2D eigenvalue weighted by molar-refractivity contribution is 7.92. The third kappa shape index (κ3) is 5.14. The molecule has 6 rings (SSSR count). The number of anilines is 2. The number of benzene rings is 1. The molecule has 0 bridgehead atoms. The Morgan fingerprint density at radius 1 is 1.02 bits per heavy atom. The fourth-order valence-corrected chi connectivity index (χ4v) is 6.84. The molecule has 2 aliphatic rings. The van der Waals surface area contributed by atoms with Gasteiger partial charge in [0.05, 0.1) is 42.7 Å². The molecule has 1 aliphatic carbocycles. The van der Waals surface area contributed by atoms with E-state index in [0.29, 0.717) is 18.1 Å². The maximum absolute atomic E-state index is 13.4. The van der Waals surface area contributed by atoms with E-state index in [4.69, 9.17) is 9.47 Å². The molecule has 4 aromatic rings. The van der Waals surface area contributed by atoms with Crippen molar-refractivity contribution < 1.29 is 22.7 Å². The minimum absolute atomic E-state index is 0.0239. The van der Waals surface area contributed by atoms with Crippen molar-refractivity contribution in [1.29, 1.82) is 0 Å². The van der Waals surface area contributed by atoms with Gasteiger partial charge in [-0.15, -0.1) is 0 Å². The molecule has 1 amide bonds. The lowest BCUT2D eigenvalue weighted by molar-refractivity contribution is -0.125. The van der Waals surface area contributed by atoms with Crippen LogP contribution in [0.3, 0.4) is 0 Å². The van der Waals surface area contributed by atoms with Gasteiger partial charge >= 0.3 is 0 Å². The first-order valence-electron chi connectivity index (χ1n) is 14.2. The quantitative estimate of drug-likeness (QED) is 0.265. The number of hydrogen-bond donors (Lipinski definition) is 1. The van der Waals surface area contributed by atoms with Crippen LogP contribution in [0.2, 0.25) is 0 Å². The van der Waals surface area contributed by atoms with Crippen LogP contribution in [-0.2, 0) is 20.2 Å². The molecule has 3 aromatic heterocycles. The molecule has 1 spiro atoms. The Morgan fingerprint density at radius 3 is 2.51 bits per heavy atom. The number of amides is 1. The number of fused-ring (bicyclic) bond motifs is 4. The number of methoxy groups -OCH3 is 1. The molecule has 4 heterocycles. The summed E-state index contributed by atoms with van der Waals surface area (Å²) in [6.07, 6.45) is 8.08. The largest absolute Gasteiger partial charge is 0.481 e. The van der Waals surface area contributed by atoms with Gasteiger partial charge in [0.15, 0.2) is 0 Å². The van der Waals surface area contributed by atoms with Crippen LogP contribution in [0, 0.1) is 0 Å². The van der Waals surface area contributed by atoms with Gasteiger partial charge in [-0.1, -0.05) is 12.5 Å². The number of carbonyl (C=O) groups is 1. The highest BCUT2D eigenvalue weighted by Crippen LogP contribution is 2.55. The molecule has 0 atom stereocenters. The second-order valence-electron chi connectivity index (χ2n) is 11.3. The van der Waals surface area contributed by atoms with Crippen molar-refractivity contribution in [3.05, 3.63) is 60.6 Å². The molecule has 12 heteroatoms. The Labute approximate surface area is 250 Å². The first-order chi connectivity index (χ1) is 20.6. The van der Waals surface area contributed by atoms with E-state index in [0.717, 1.165) is 59.9 Å². The van der Waals surface area contributed by atoms with Crippen LogP contribution in [-0.4, -0.2) is 75.6 Å². The van der Waals surface area contributed by atoms with E-state index in [1.807, 2.05) is 44.2 Å². The summed E-state index contributed by atoms with van der Waals surface area (Å²) < 4.78 is 40.4. The van der Waals surface area contributed by atoms with E-state index in [1.54, 1.807) is 23.4 Å². The maximum atomic E-state index is 13.4. The summed E-state index contributed by atoms with van der Waals surface area (Å²) in [6.45, 7) is 1.17. The molecule has 1 saturated carbocycles. The second kappa shape index (κ2) is 11.1. The Morgan fingerprint density at radius 2 is 1.84 bits per heavy atom. The van der Waals surface area contributed by atoms with Crippen molar-refractivity contribution in [3.63, 3.8) is 0 Å². The van der Waals surface area contributed by atoms with Gasteiger partial charge in [0, 0.05) is 42.4 Å². The SMILES string of the molecule is COc1ccc(S(=O)(=O)Nc2cc(-c3ccc4ncc5c(c4c3)C3(CCC3)C(=O)N5C)cnc2OCCCN(C)C)cn1. The van der Waals surface area contributed by atoms with E-state index in [1.165, 1.54) is 25.4 Å². The minimum Gasteiger partial charge on any atom is -0.481 e. The van der Waals surface area contributed by atoms with Crippen LogP contribution in [0.25, 0.3) is 22.0 Å². The van der Waals surface area contributed by atoms with Gasteiger partial charge in [-0.25, -0.2) is 18.4 Å². The lowest BCUT2D eigenvalue weighted by atomic mass is 9.64. The molecule has 1 aromatic carbocycles. The van der Waals surface area contributed by atoms with Crippen molar-refractivity contribution in [3.8, 4) is 22.9 Å². The Balaban J connectivity index is 1.39. The first-order valence-corrected chi connectivity index (χ1v) is 15.6. The lowest BCUT2D eigenvalue weighted by Gasteiger charge is -2.37. The van der Waals surface area contributed by atoms with Crippen molar-refractivity contribution in [2.45, 2.75) is 36.0 Å². The highest BCUT2D eigenvalue weighted by Gasteiger charge is 2.54. The molecule has 0 unspecified atom stereocenters. The predicted molar refractivity (Wildman–Crippen MR) is 164 cm³/mol. The number of likely N-dealkylation sites (N-methyl/N-ethyl adjacent to an activating group) is 1. The number of aromatic nitrogens is 3. The number of hydrogen-bond acceptors (Lipinski definition) is 9. The third-order valence-electron chi connectivity index (χ3n) is 8.25. The van der Waals surface area contributed by atoms with Gasteiger partial charge in [-0.05, 0) is 63.2 Å². The van der Waals surface area contributed by atoms with Gasteiger partial charge in [-0.2, -0.15) is 0 Å². The van der Waals surface area contributed by atoms with E-state index in [9.17, 15) is 13.2 Å². The van der Waals surface area contributed by atoms with Crippen molar-refractivity contribution >= 4 is 38.2 Å². The van der Waals surface area contributed by atoms with Gasteiger partial charge in [0.2, 0.25) is 17.7 Å². The Kier molecular flexibility index (Phi) is 7.43. The third-order valence-corrected chi connectivity index (χ3v) is 9.61. The number of carbonyl (C=O) groups excluding carboxylic acids is 1. The van der Waals surface area contributed by atoms with Crippen LogP contribution in [0.15, 0.2) is 59.9 Å². The predicted octanol–water partition coefficient (Wildman–Crippen LogP) is 4.23. The average Bonchev–Trinajstić information content (AvgIpc) is 3.22. The number of nitrogens with one attached hydrogen (secondary N) is 1. The number of rotatable bonds is 10. The van der Waals surface area contributed by atoms with Crippen LogP contribution in [0.5, 0.6) is 11.8 Å². The summed E-state index contributed by atoms with van der Waals surface area (Å²) in [5, 5.41) is 0.919. The fraction of sp³-hybridized carbons (Fsp3) is 0.355. The van der Waals surface area contributed by atoms with Crippen molar-refractivity contribution in [2.75, 3.05) is 51.0 Å². The smallest absolute Gasteiger partial charge is 0.263 e. The van der Waals surface area contributed by atoms with E-state index >= 15 is 0 Å². The fourth-order valence-electron chi connectivity index (χ4n) is 5.85. The summed E-state index contributed by atoms with van der Waals surface area (Å²) >= 11 is 0. The monoisotopic (exact) mass is 602 g/mol. The van der Waals surface area contributed by atoms with Crippen LogP contribution >= 0.6 is 0 Å². The summed E-state index contributed by atoms with van der Waals surface area (Å²) in [7, 11) is 3.21. The normalized spacial score (nSPS) is 15.6. The number of sulfonamides is 1. The van der Waals surface area contributed by atoms with Gasteiger partial charge in [0.25, 0.3) is 10.0 Å². The van der Waals surface area contributed by atoms with Crippen LogP contribution in [0.4, 0.5) is 11.4 Å². The van der Waals surface area contributed by atoms with E-state index < -0.39 is 15.4 Å². The van der Waals surface area contributed by atoms with Gasteiger partial charge < -0.3 is 19.3 Å². The summed E-state index contributed by atoms with van der Waals surface area (Å²) in [5.41, 5.74) is 3.89. The number of nitrogens with zero attached hydrogens (tertiary/aromatic N) is 5. The second-order valence-corrected chi connectivity index (χ2v) is 13.0. The molecule has 1 fully saturated rings. The minimum atomic E-state index is -4.02. The summed E-state index contributed by atoms with van der Waals surface area (Å²) in [5.74, 6) is 0.605. The zero-order valence-electron chi connectivity index (χ0n) is 24.6. The Hall–Kier alpha value is -4.29. The van der Waals surface area contributed by atoms with E-state index in [2.05, 4.69) is 19.7 Å². The van der Waals surface area contributed by atoms with Crippen molar-refractivity contribution in [2.24, 2.45) is 0 Å². The maximum Gasteiger partial charge on any atom is 0.263 e. The number of pyridine rings is 3. The average molecular weight is 603 g/mol. The van der Waals surface area contributed by atoms with Gasteiger partial charge in [-0.3, -0.25) is 14.5 Å². The zero-order chi connectivity index (χ0) is 30.4. The van der Waals surface area contributed by atoms with Crippen molar-refractivity contribution in [1.82, 2.24) is 19.9 Å². The van der Waals surface area contributed by atoms with Crippen LogP contribution in [0.1, 0.15) is 31.2 Å². The molecular formula is C31H34N6O5S. The molecule has 1 N–H and O–H groups in total. The molecule has 1 aliphatic heterocycles. The highest BCUT2D eigenvalue weighted by atomic mass is 32.2. The zero-order valence-corrected chi connectivity index (χ0v) is 25.4. The lowest BCUT2D eigenvalue weighted by Crippen LogP contribution is -2.43. The number of ether oxygens (including phenoxy) is 2. The van der Waals surface area contributed by atoms with E-state index in [-0.39, 0.29) is 22.4 Å². The molecule has 11 nitrogen and oxygen atoms in total. The first kappa shape index (κ1) is 28.8. The molecule has 43 heavy (non-hydrogen) atoms. The van der Waals surface area contributed by atoms with Crippen LogP contribution < -0.4 is 19.1 Å². The molecular weight excluding hydrogens is 568 g/mol. The summed E-state index contributed by atoms with van der Waals surface area (Å²) in [4.78, 5) is 30.2. The van der Waals surface area contributed by atoms with Gasteiger partial charge in [0.1, 0.15) is 10.6 Å². The topological polar surface area (TPSA) is 127 Å². The molecule has 224 valence electrons. The molecule has 0 saturated heterocycles.